The molecule has 2 N–H and O–H groups in total. The molecule has 0 radical (unpaired) electrons. The number of rotatable bonds is 4. The summed E-state index contributed by atoms with van der Waals surface area (Å²) in [4.78, 5) is 18.7. The molecular weight excluding hydrogens is 370 g/mol. The van der Waals surface area contributed by atoms with Gasteiger partial charge in [0.15, 0.2) is 5.82 Å². The molecule has 2 saturated heterocycles. The molecule has 0 unspecified atom stereocenters. The van der Waals surface area contributed by atoms with Gasteiger partial charge in [-0.3, -0.25) is 0 Å². The van der Waals surface area contributed by atoms with Crippen LogP contribution in [0.5, 0.6) is 0 Å². The fourth-order valence-electron chi connectivity index (χ4n) is 3.44. The average Bonchev–Trinajstić information content (AvgIpc) is 2.74. The van der Waals surface area contributed by atoms with Crippen LogP contribution in [-0.4, -0.2) is 82.4 Å². The number of morpholine rings is 1. The molecule has 2 aromatic rings. The number of hydrogen-bond acceptors (Lipinski definition) is 9. The lowest BCUT2D eigenvalue weighted by Gasteiger charge is -2.42. The fraction of sp³-hybridized carbons (Fsp3) is 0.529. The molecule has 9 nitrogen and oxygen atoms in total. The van der Waals surface area contributed by atoms with E-state index in [9.17, 15) is 8.78 Å². The highest BCUT2D eigenvalue weighted by Gasteiger charge is 2.25. The summed E-state index contributed by atoms with van der Waals surface area (Å²) in [7, 11) is 0. The number of halogens is 2. The van der Waals surface area contributed by atoms with Crippen molar-refractivity contribution in [3.8, 4) is 11.4 Å². The normalized spacial score (nSPS) is 19.3. The number of hydrazine groups is 1. The van der Waals surface area contributed by atoms with Crippen LogP contribution in [0.2, 0.25) is 0 Å². The van der Waals surface area contributed by atoms with Crippen molar-refractivity contribution in [3.05, 3.63) is 24.2 Å². The van der Waals surface area contributed by atoms with Gasteiger partial charge >= 0.3 is 0 Å². The molecule has 0 aliphatic carbocycles. The van der Waals surface area contributed by atoms with E-state index in [0.717, 1.165) is 58.5 Å². The van der Waals surface area contributed by atoms with Gasteiger partial charge in [-0.2, -0.15) is 4.98 Å². The highest BCUT2D eigenvalue weighted by Crippen LogP contribution is 2.30. The van der Waals surface area contributed by atoms with E-state index in [-0.39, 0.29) is 22.8 Å². The summed E-state index contributed by atoms with van der Waals surface area (Å²) < 4.78 is 32.2. The number of pyridine rings is 1. The van der Waals surface area contributed by atoms with Crippen molar-refractivity contribution in [2.24, 2.45) is 0 Å². The fourth-order valence-corrected chi connectivity index (χ4v) is 3.44. The summed E-state index contributed by atoms with van der Waals surface area (Å²) in [5, 5.41) is 4.63. The maximum atomic E-state index is 13.4. The van der Waals surface area contributed by atoms with Crippen LogP contribution in [0.15, 0.2) is 18.6 Å². The quantitative estimate of drug-likeness (QED) is 0.811. The Bertz CT molecular complexity index is 809. The van der Waals surface area contributed by atoms with Gasteiger partial charge in [0, 0.05) is 56.6 Å². The van der Waals surface area contributed by atoms with Gasteiger partial charge in [0.1, 0.15) is 12.1 Å². The van der Waals surface area contributed by atoms with Crippen molar-refractivity contribution in [2.45, 2.75) is 6.43 Å². The van der Waals surface area contributed by atoms with Crippen molar-refractivity contribution in [1.29, 1.82) is 0 Å². The average molecular weight is 392 g/mol. The first-order valence-electron chi connectivity index (χ1n) is 9.17. The Balaban J connectivity index is 1.49. The van der Waals surface area contributed by atoms with Crippen molar-refractivity contribution < 1.29 is 13.5 Å². The second kappa shape index (κ2) is 8.25. The molecule has 0 atom stereocenters. The molecule has 0 aromatic carbocycles. The van der Waals surface area contributed by atoms with Crippen molar-refractivity contribution in [2.75, 3.05) is 63.1 Å². The summed E-state index contributed by atoms with van der Waals surface area (Å²) >= 11 is 0. The first-order valence-corrected chi connectivity index (χ1v) is 9.17. The van der Waals surface area contributed by atoms with Gasteiger partial charge in [0.25, 0.3) is 6.43 Å². The molecule has 0 spiro atoms. The minimum absolute atomic E-state index is 0.0348. The molecular formula is C17H22F2N8O. The Kier molecular flexibility index (Phi) is 5.55. The van der Waals surface area contributed by atoms with E-state index >= 15 is 0 Å². The van der Waals surface area contributed by atoms with Gasteiger partial charge in [0.2, 0.25) is 5.95 Å². The number of nitrogen functional groups attached to an aromatic ring is 1. The summed E-state index contributed by atoms with van der Waals surface area (Å²) in [5.74, 6) is 0.680. The van der Waals surface area contributed by atoms with Crippen LogP contribution >= 0.6 is 0 Å². The molecule has 0 bridgehead atoms. The molecule has 150 valence electrons. The Morgan fingerprint density at radius 3 is 2.39 bits per heavy atom. The third kappa shape index (κ3) is 4.01. The number of aromatic nitrogens is 4. The molecule has 4 heterocycles. The van der Waals surface area contributed by atoms with Gasteiger partial charge in [-0.1, -0.05) is 0 Å². The number of nitrogens with two attached hydrogens (primary N) is 1. The Morgan fingerprint density at radius 1 is 0.964 bits per heavy atom. The number of nitrogens with zero attached hydrogens (tertiary/aromatic N) is 7. The molecule has 0 amide bonds. The Morgan fingerprint density at radius 2 is 1.68 bits per heavy atom. The van der Waals surface area contributed by atoms with Gasteiger partial charge in [-0.05, 0) is 6.07 Å². The zero-order valence-corrected chi connectivity index (χ0v) is 15.3. The number of alkyl halides is 2. The van der Waals surface area contributed by atoms with E-state index in [0.29, 0.717) is 5.95 Å². The summed E-state index contributed by atoms with van der Waals surface area (Å²) in [6.07, 6.45) is -0.0678. The van der Waals surface area contributed by atoms with Gasteiger partial charge in [-0.15, -0.1) is 0 Å². The first-order chi connectivity index (χ1) is 13.6. The van der Waals surface area contributed by atoms with Crippen LogP contribution in [0.3, 0.4) is 0 Å². The van der Waals surface area contributed by atoms with Crippen LogP contribution < -0.4 is 10.6 Å². The van der Waals surface area contributed by atoms with E-state index in [2.05, 4.69) is 30.0 Å². The minimum Gasteiger partial charge on any atom is -0.384 e. The highest BCUT2D eigenvalue weighted by molar-refractivity contribution is 5.62. The van der Waals surface area contributed by atoms with Crippen LogP contribution in [0.4, 0.5) is 20.5 Å². The SMILES string of the molecule is Nc1cc(C(F)F)c(-c2ncnc(N3CCN(N4CCOCC4)CC3)n2)cn1. The van der Waals surface area contributed by atoms with Crippen LogP contribution in [0, 0.1) is 0 Å². The molecule has 4 rings (SSSR count). The van der Waals surface area contributed by atoms with Crippen LogP contribution in [0.1, 0.15) is 12.0 Å². The molecule has 2 aliphatic rings. The highest BCUT2D eigenvalue weighted by atomic mass is 19.3. The molecule has 0 saturated carbocycles. The lowest BCUT2D eigenvalue weighted by atomic mass is 10.1. The van der Waals surface area contributed by atoms with Crippen LogP contribution in [0.25, 0.3) is 11.4 Å². The third-order valence-electron chi connectivity index (χ3n) is 4.92. The second-order valence-corrected chi connectivity index (χ2v) is 6.61. The van der Waals surface area contributed by atoms with Gasteiger partial charge < -0.3 is 15.4 Å². The standard InChI is InChI=1S/C17H22F2N8O/c18-15(19)12-9-14(20)21-10-13(12)16-22-11-23-17(24-16)25-1-3-26(4-2-25)27-5-7-28-8-6-27/h9-11,15H,1-8H2,(H2,20,21). The third-order valence-corrected chi connectivity index (χ3v) is 4.92. The summed E-state index contributed by atoms with van der Waals surface area (Å²) in [5.41, 5.74) is 5.47. The van der Waals surface area contributed by atoms with Crippen molar-refractivity contribution >= 4 is 11.8 Å². The summed E-state index contributed by atoms with van der Waals surface area (Å²) in [6, 6.07) is 1.16. The molecule has 28 heavy (non-hydrogen) atoms. The zero-order chi connectivity index (χ0) is 19.5. The maximum absolute atomic E-state index is 13.4. The minimum atomic E-state index is -2.70. The Hall–Kier alpha value is -2.50. The first kappa shape index (κ1) is 18.8. The number of hydrogen-bond donors (Lipinski definition) is 1. The lowest BCUT2D eigenvalue weighted by Crippen LogP contribution is -2.56. The lowest BCUT2D eigenvalue weighted by molar-refractivity contribution is -0.0920. The number of ether oxygens (including phenoxy) is 1. The number of piperazine rings is 1. The van der Waals surface area contributed by atoms with Gasteiger partial charge in [-0.25, -0.2) is 33.8 Å². The largest absolute Gasteiger partial charge is 0.384 e. The molecule has 11 heteroatoms. The monoisotopic (exact) mass is 392 g/mol. The molecule has 2 fully saturated rings. The topological polar surface area (TPSA) is 96.5 Å². The van der Waals surface area contributed by atoms with Crippen LogP contribution in [-0.2, 0) is 4.74 Å². The summed E-state index contributed by atoms with van der Waals surface area (Å²) in [6.45, 7) is 6.45. The van der Waals surface area contributed by atoms with E-state index in [4.69, 9.17) is 10.5 Å². The number of anilines is 2. The van der Waals surface area contributed by atoms with Gasteiger partial charge in [0.05, 0.1) is 13.2 Å². The Labute approximate surface area is 161 Å². The predicted octanol–water partition coefficient (Wildman–Crippen LogP) is 0.823. The van der Waals surface area contributed by atoms with E-state index < -0.39 is 6.43 Å². The second-order valence-electron chi connectivity index (χ2n) is 6.61. The predicted molar refractivity (Wildman–Crippen MR) is 98.6 cm³/mol. The molecule has 2 aromatic heterocycles. The van der Waals surface area contributed by atoms with E-state index in [1.807, 2.05) is 4.90 Å². The smallest absolute Gasteiger partial charge is 0.264 e. The maximum Gasteiger partial charge on any atom is 0.264 e. The zero-order valence-electron chi connectivity index (χ0n) is 15.3. The van der Waals surface area contributed by atoms with Crippen molar-refractivity contribution in [3.63, 3.8) is 0 Å². The van der Waals surface area contributed by atoms with Crippen molar-refractivity contribution in [1.82, 2.24) is 30.0 Å². The van der Waals surface area contributed by atoms with E-state index in [1.165, 1.54) is 12.5 Å². The van der Waals surface area contributed by atoms with E-state index in [1.54, 1.807) is 0 Å². The molecule has 2 aliphatic heterocycles.